The lowest BCUT2D eigenvalue weighted by molar-refractivity contribution is 0.0392. The molecule has 0 N–H and O–H groups in total. The molecule has 5 rings (SSSR count). The molecule has 1 heteroatoms. The van der Waals surface area contributed by atoms with Gasteiger partial charge in [-0.2, -0.15) is 0 Å². The molecule has 4 saturated carbocycles. The van der Waals surface area contributed by atoms with E-state index in [-0.39, 0.29) is 0 Å². The molecule has 5 fully saturated rings. The first-order chi connectivity index (χ1) is 5.93. The molecule has 1 heterocycles. The van der Waals surface area contributed by atoms with Crippen LogP contribution in [0.3, 0.4) is 0 Å². The Bertz CT molecular complexity index is 244. The Hall–Kier alpha value is -0.0400. The minimum Gasteiger partial charge on any atom is -0.374 e. The summed E-state index contributed by atoms with van der Waals surface area (Å²) >= 11 is 0. The molecule has 64 valence electrons. The first-order valence-corrected chi connectivity index (χ1v) is 5.59. The van der Waals surface area contributed by atoms with Crippen molar-refractivity contribution in [3.8, 4) is 0 Å². The highest BCUT2D eigenvalue weighted by Crippen LogP contribution is 2.74. The topological polar surface area (TPSA) is 9.23 Å². The van der Waals surface area contributed by atoms with E-state index in [4.69, 9.17) is 4.74 Å². The van der Waals surface area contributed by atoms with Crippen molar-refractivity contribution < 1.29 is 4.74 Å². The summed E-state index contributed by atoms with van der Waals surface area (Å²) in [5.41, 5.74) is 0. The van der Waals surface area contributed by atoms with E-state index in [0.717, 1.165) is 47.7 Å². The van der Waals surface area contributed by atoms with Gasteiger partial charge in [-0.25, -0.2) is 0 Å². The Balaban J connectivity index is 1.87. The fourth-order valence-electron chi connectivity index (χ4n) is 5.87. The molecule has 0 aromatic rings. The van der Waals surface area contributed by atoms with E-state index in [9.17, 15) is 0 Å². The van der Waals surface area contributed by atoms with E-state index < -0.39 is 0 Å². The van der Waals surface area contributed by atoms with Crippen LogP contribution in [-0.2, 0) is 4.74 Å². The Labute approximate surface area is 72.5 Å². The predicted molar refractivity (Wildman–Crippen MR) is 43.5 cm³/mol. The second kappa shape index (κ2) is 1.39. The Morgan fingerprint density at radius 2 is 1.25 bits per heavy atom. The van der Waals surface area contributed by atoms with Crippen molar-refractivity contribution in [3.63, 3.8) is 0 Å². The second-order valence-corrected chi connectivity index (χ2v) is 5.73. The molecule has 5 aliphatic rings. The molecule has 2 bridgehead atoms. The minimum absolute atomic E-state index is 0.729. The molecule has 1 saturated heterocycles. The van der Waals surface area contributed by atoms with E-state index in [1.807, 2.05) is 0 Å². The molecule has 0 radical (unpaired) electrons. The molecular weight excluding hydrogens is 148 g/mol. The summed E-state index contributed by atoms with van der Waals surface area (Å²) in [5.74, 6) is 6.58. The zero-order valence-corrected chi connectivity index (χ0v) is 7.15. The molecule has 1 aliphatic heterocycles. The Kier molecular flexibility index (Phi) is 0.654. The van der Waals surface area contributed by atoms with E-state index in [1.165, 1.54) is 12.8 Å². The average molecular weight is 162 g/mol. The van der Waals surface area contributed by atoms with Crippen molar-refractivity contribution in [3.05, 3.63) is 0 Å². The summed E-state index contributed by atoms with van der Waals surface area (Å²) in [5, 5.41) is 0. The maximum atomic E-state index is 6.13. The van der Waals surface area contributed by atoms with Crippen molar-refractivity contribution in [1.29, 1.82) is 0 Å². The fraction of sp³-hybridized carbons (Fsp3) is 1.00. The van der Waals surface area contributed by atoms with Gasteiger partial charge < -0.3 is 4.74 Å². The number of hydrogen-bond donors (Lipinski definition) is 0. The fourth-order valence-corrected chi connectivity index (χ4v) is 5.87. The summed E-state index contributed by atoms with van der Waals surface area (Å²) in [6, 6.07) is 0. The zero-order valence-electron chi connectivity index (χ0n) is 7.15. The van der Waals surface area contributed by atoms with E-state index in [2.05, 4.69) is 0 Å². The first kappa shape index (κ1) is 5.64. The monoisotopic (exact) mass is 162 g/mol. The normalized spacial score (nSPS) is 80.0. The van der Waals surface area contributed by atoms with Gasteiger partial charge in [0.2, 0.25) is 0 Å². The van der Waals surface area contributed by atoms with Gasteiger partial charge in [0, 0.05) is 0 Å². The lowest BCUT2D eigenvalue weighted by Crippen LogP contribution is -2.22. The van der Waals surface area contributed by atoms with Crippen molar-refractivity contribution in [1.82, 2.24) is 0 Å². The largest absolute Gasteiger partial charge is 0.374 e. The molecule has 0 unspecified atom stereocenters. The summed E-state index contributed by atoms with van der Waals surface area (Å²) in [4.78, 5) is 0. The molecule has 0 amide bonds. The SMILES string of the molecule is C1[C@@H]2[C@@H]3C[C@H]4O[C@H]5C[C@H]3[C@H]1[C@H]5[C@H]24. The maximum Gasteiger partial charge on any atom is 0.0616 e. The van der Waals surface area contributed by atoms with Crippen molar-refractivity contribution in [2.24, 2.45) is 35.5 Å². The third-order valence-corrected chi connectivity index (χ3v) is 5.84. The second-order valence-electron chi connectivity index (χ2n) is 5.73. The van der Waals surface area contributed by atoms with Gasteiger partial charge in [-0.3, -0.25) is 0 Å². The van der Waals surface area contributed by atoms with Crippen LogP contribution in [-0.4, -0.2) is 12.2 Å². The van der Waals surface area contributed by atoms with Gasteiger partial charge in [-0.05, 0) is 54.8 Å². The Morgan fingerprint density at radius 1 is 0.667 bits per heavy atom. The van der Waals surface area contributed by atoms with E-state index >= 15 is 0 Å². The molecule has 0 aromatic carbocycles. The van der Waals surface area contributed by atoms with Gasteiger partial charge in [-0.15, -0.1) is 0 Å². The van der Waals surface area contributed by atoms with Crippen LogP contribution >= 0.6 is 0 Å². The minimum atomic E-state index is 0.729. The van der Waals surface area contributed by atoms with Crippen LogP contribution in [0.2, 0.25) is 0 Å². The molecule has 0 aromatic heterocycles. The van der Waals surface area contributed by atoms with Crippen LogP contribution in [0.15, 0.2) is 0 Å². The van der Waals surface area contributed by atoms with Crippen LogP contribution in [0.4, 0.5) is 0 Å². The molecule has 4 aliphatic carbocycles. The standard InChI is InChI=1S/C11H14O/c1-6-4-2-8-10(6)11-7(1)5(4)3-9(11)12-8/h4-11H,1-3H2/t4-,5-,6-,7+,8-,9+,10-,11-/m1/s1. The highest BCUT2D eigenvalue weighted by molar-refractivity contribution is 5.20. The zero-order chi connectivity index (χ0) is 7.45. The van der Waals surface area contributed by atoms with Crippen LogP contribution < -0.4 is 0 Å². The smallest absolute Gasteiger partial charge is 0.0616 e. The molecule has 1 nitrogen and oxygen atoms in total. The highest BCUT2D eigenvalue weighted by atomic mass is 16.5. The summed E-state index contributed by atoms with van der Waals surface area (Å²) < 4.78 is 6.13. The molecule has 8 atom stereocenters. The van der Waals surface area contributed by atoms with Gasteiger partial charge in [0.1, 0.15) is 0 Å². The summed E-state index contributed by atoms with van der Waals surface area (Å²) in [7, 11) is 0. The quantitative estimate of drug-likeness (QED) is 0.526. The maximum absolute atomic E-state index is 6.13. The van der Waals surface area contributed by atoms with Crippen LogP contribution in [0.1, 0.15) is 19.3 Å². The van der Waals surface area contributed by atoms with Gasteiger partial charge >= 0.3 is 0 Å². The number of hydrogen-bond acceptors (Lipinski definition) is 1. The summed E-state index contributed by atoms with van der Waals surface area (Å²) in [6.45, 7) is 0. The third-order valence-electron chi connectivity index (χ3n) is 5.84. The highest BCUT2D eigenvalue weighted by Gasteiger charge is 2.73. The third kappa shape index (κ3) is 0.348. The van der Waals surface area contributed by atoms with Gasteiger partial charge in [0.05, 0.1) is 12.2 Å². The van der Waals surface area contributed by atoms with Crippen molar-refractivity contribution in [2.75, 3.05) is 0 Å². The van der Waals surface area contributed by atoms with E-state index in [0.29, 0.717) is 0 Å². The van der Waals surface area contributed by atoms with Gasteiger partial charge in [0.25, 0.3) is 0 Å². The lowest BCUT2D eigenvalue weighted by Gasteiger charge is -2.23. The Morgan fingerprint density at radius 3 is 1.83 bits per heavy atom. The number of rotatable bonds is 0. The number of fused-ring (bicyclic) bond motifs is 1. The van der Waals surface area contributed by atoms with Crippen LogP contribution in [0, 0.1) is 35.5 Å². The summed E-state index contributed by atoms with van der Waals surface area (Å²) in [6.07, 6.45) is 5.95. The van der Waals surface area contributed by atoms with Gasteiger partial charge in [0.15, 0.2) is 0 Å². The first-order valence-electron chi connectivity index (χ1n) is 5.59. The van der Waals surface area contributed by atoms with Crippen LogP contribution in [0.25, 0.3) is 0 Å². The lowest BCUT2D eigenvalue weighted by atomic mass is 9.80. The number of ether oxygens (including phenoxy) is 1. The van der Waals surface area contributed by atoms with E-state index in [1.54, 1.807) is 6.42 Å². The molecular formula is C11H14O. The van der Waals surface area contributed by atoms with Crippen molar-refractivity contribution in [2.45, 2.75) is 31.5 Å². The van der Waals surface area contributed by atoms with Crippen molar-refractivity contribution >= 4 is 0 Å². The molecule has 0 spiro atoms. The van der Waals surface area contributed by atoms with Gasteiger partial charge in [-0.1, -0.05) is 0 Å². The average Bonchev–Trinajstić information content (AvgIpc) is 2.57. The van der Waals surface area contributed by atoms with Crippen LogP contribution in [0.5, 0.6) is 0 Å². The predicted octanol–water partition coefficient (Wildman–Crippen LogP) is 1.68. The molecule has 12 heavy (non-hydrogen) atoms.